The molecule has 120 valence electrons. The molecule has 1 amide bonds. The summed E-state index contributed by atoms with van der Waals surface area (Å²) in [6.07, 6.45) is 4.74. The fourth-order valence-electron chi connectivity index (χ4n) is 2.81. The van der Waals surface area contributed by atoms with Crippen LogP contribution < -0.4 is 5.32 Å². The van der Waals surface area contributed by atoms with Crippen molar-refractivity contribution in [1.29, 1.82) is 0 Å². The van der Waals surface area contributed by atoms with Gasteiger partial charge in [-0.15, -0.1) is 0 Å². The van der Waals surface area contributed by atoms with E-state index >= 15 is 0 Å². The van der Waals surface area contributed by atoms with Gasteiger partial charge in [0.2, 0.25) is 0 Å². The van der Waals surface area contributed by atoms with Crippen LogP contribution in [0.2, 0.25) is 0 Å². The molecule has 3 rings (SSSR count). The molecule has 1 aliphatic carbocycles. The summed E-state index contributed by atoms with van der Waals surface area (Å²) in [6.45, 7) is 1.50. The minimum atomic E-state index is -0.472. The first-order valence-electron chi connectivity index (χ1n) is 7.75. The Bertz CT molecular complexity index is 706. The molecule has 0 fully saturated rings. The van der Waals surface area contributed by atoms with Gasteiger partial charge in [0.25, 0.3) is 5.91 Å². The van der Waals surface area contributed by atoms with Crippen molar-refractivity contribution in [2.45, 2.75) is 32.2 Å². The molecule has 0 saturated carbocycles. The van der Waals surface area contributed by atoms with Crippen molar-refractivity contribution in [2.75, 3.05) is 6.61 Å². The number of hydrogen-bond acceptors (Lipinski definition) is 4. The monoisotopic (exact) mass is 313 g/mol. The van der Waals surface area contributed by atoms with E-state index in [0.717, 1.165) is 19.3 Å². The third-order valence-electron chi connectivity index (χ3n) is 4.02. The first-order chi connectivity index (χ1) is 11.1. The molecule has 0 aliphatic heterocycles. The van der Waals surface area contributed by atoms with E-state index in [9.17, 15) is 9.59 Å². The summed E-state index contributed by atoms with van der Waals surface area (Å²) in [5, 5.41) is 2.72. The molecule has 0 bridgehead atoms. The molecular weight excluding hydrogens is 294 g/mol. The number of ether oxygens (including phenoxy) is 1. The molecular formula is C18H19NO4. The zero-order chi connectivity index (χ0) is 16.2. The van der Waals surface area contributed by atoms with Crippen molar-refractivity contribution < 1.29 is 18.7 Å². The molecule has 2 aromatic rings. The van der Waals surface area contributed by atoms with E-state index in [0.29, 0.717) is 11.3 Å². The molecule has 1 atom stereocenters. The second kappa shape index (κ2) is 6.69. The Hall–Kier alpha value is -2.56. The van der Waals surface area contributed by atoms with Crippen LogP contribution in [0.15, 0.2) is 41.0 Å². The van der Waals surface area contributed by atoms with Gasteiger partial charge in [0.1, 0.15) is 5.76 Å². The van der Waals surface area contributed by atoms with Crippen LogP contribution >= 0.6 is 0 Å². The van der Waals surface area contributed by atoms with E-state index in [1.165, 1.54) is 11.1 Å². The number of rotatable bonds is 5. The van der Waals surface area contributed by atoms with Crippen LogP contribution in [-0.2, 0) is 22.4 Å². The Labute approximate surface area is 134 Å². The lowest BCUT2D eigenvalue weighted by molar-refractivity contribution is -0.125. The van der Waals surface area contributed by atoms with Crippen molar-refractivity contribution in [3.05, 3.63) is 59.0 Å². The summed E-state index contributed by atoms with van der Waals surface area (Å²) in [7, 11) is 0. The van der Waals surface area contributed by atoms with Gasteiger partial charge in [-0.25, -0.2) is 4.79 Å². The molecule has 0 radical (unpaired) electrons. The topological polar surface area (TPSA) is 68.5 Å². The Kier molecular flexibility index (Phi) is 4.46. The largest absolute Gasteiger partial charge is 0.467 e. The number of aryl methyl sites for hydroxylation is 2. The maximum atomic E-state index is 12.0. The standard InChI is InChI=1S/C18H19NO4/c1-12(16-6-3-9-22-16)19-17(20)11-23-18(21)15-8-7-13-4-2-5-14(13)10-15/h3,6-10,12H,2,4-5,11H2,1H3,(H,19,20)/t12-/m0/s1. The van der Waals surface area contributed by atoms with Gasteiger partial charge in [-0.05, 0) is 61.6 Å². The minimum absolute atomic E-state index is 0.267. The van der Waals surface area contributed by atoms with E-state index < -0.39 is 5.97 Å². The average molecular weight is 313 g/mol. The average Bonchev–Trinajstić information content (AvgIpc) is 3.22. The quantitative estimate of drug-likeness (QED) is 0.862. The second-order valence-electron chi connectivity index (χ2n) is 5.72. The summed E-state index contributed by atoms with van der Waals surface area (Å²) in [6, 6.07) is 8.87. The summed E-state index contributed by atoms with van der Waals surface area (Å²) in [4.78, 5) is 23.9. The van der Waals surface area contributed by atoms with E-state index in [1.807, 2.05) is 12.1 Å². The lowest BCUT2D eigenvalue weighted by Gasteiger charge is -2.11. The number of carbonyl (C=O) groups excluding carboxylic acids is 2. The van der Waals surface area contributed by atoms with E-state index in [4.69, 9.17) is 9.15 Å². The highest BCUT2D eigenvalue weighted by Gasteiger charge is 2.17. The molecule has 1 heterocycles. The number of fused-ring (bicyclic) bond motifs is 1. The van der Waals surface area contributed by atoms with Crippen LogP contribution in [0.5, 0.6) is 0 Å². The van der Waals surface area contributed by atoms with Crippen LogP contribution in [0.25, 0.3) is 0 Å². The third-order valence-corrected chi connectivity index (χ3v) is 4.02. The number of furan rings is 1. The van der Waals surface area contributed by atoms with E-state index in [1.54, 1.807) is 31.4 Å². The zero-order valence-corrected chi connectivity index (χ0v) is 13.0. The normalized spacial score (nSPS) is 14.1. The predicted molar refractivity (Wildman–Crippen MR) is 84.0 cm³/mol. The number of benzene rings is 1. The maximum Gasteiger partial charge on any atom is 0.338 e. The highest BCUT2D eigenvalue weighted by atomic mass is 16.5. The fraction of sp³-hybridized carbons (Fsp3) is 0.333. The first kappa shape index (κ1) is 15.3. The van der Waals surface area contributed by atoms with Gasteiger partial charge in [-0.1, -0.05) is 6.07 Å². The SMILES string of the molecule is C[C@H](NC(=O)COC(=O)c1ccc2c(c1)CCC2)c1ccco1. The molecule has 1 N–H and O–H groups in total. The highest BCUT2D eigenvalue weighted by Crippen LogP contribution is 2.23. The Balaban J connectivity index is 1.51. The predicted octanol–water partition coefficient (Wildman–Crippen LogP) is 2.80. The van der Waals surface area contributed by atoms with Gasteiger partial charge in [0.05, 0.1) is 17.9 Å². The van der Waals surface area contributed by atoms with Gasteiger partial charge in [-0.2, -0.15) is 0 Å². The summed E-state index contributed by atoms with van der Waals surface area (Å²) >= 11 is 0. The number of carbonyl (C=O) groups is 2. The lowest BCUT2D eigenvalue weighted by atomic mass is 10.1. The van der Waals surface area contributed by atoms with Crippen molar-refractivity contribution in [3.8, 4) is 0 Å². The molecule has 0 unspecified atom stereocenters. The van der Waals surface area contributed by atoms with Crippen LogP contribution in [0.1, 0.15) is 46.6 Å². The van der Waals surface area contributed by atoms with E-state index in [2.05, 4.69) is 5.32 Å². The van der Waals surface area contributed by atoms with Crippen LogP contribution in [0, 0.1) is 0 Å². The lowest BCUT2D eigenvalue weighted by Crippen LogP contribution is -2.31. The van der Waals surface area contributed by atoms with Gasteiger partial charge < -0.3 is 14.5 Å². The van der Waals surface area contributed by atoms with Crippen LogP contribution in [0.4, 0.5) is 0 Å². The van der Waals surface area contributed by atoms with Crippen molar-refractivity contribution in [3.63, 3.8) is 0 Å². The molecule has 1 aliphatic rings. The summed E-state index contributed by atoms with van der Waals surface area (Å²) < 4.78 is 10.3. The van der Waals surface area contributed by atoms with Crippen molar-refractivity contribution in [1.82, 2.24) is 5.32 Å². The molecule has 23 heavy (non-hydrogen) atoms. The van der Waals surface area contributed by atoms with Crippen molar-refractivity contribution in [2.24, 2.45) is 0 Å². The molecule has 1 aromatic heterocycles. The molecule has 5 heteroatoms. The third kappa shape index (κ3) is 3.62. The Morgan fingerprint density at radius 1 is 1.26 bits per heavy atom. The maximum absolute atomic E-state index is 12.0. The number of nitrogens with one attached hydrogen (secondary N) is 1. The molecule has 5 nitrogen and oxygen atoms in total. The second-order valence-corrected chi connectivity index (χ2v) is 5.72. The Morgan fingerprint density at radius 2 is 2.09 bits per heavy atom. The molecule has 0 spiro atoms. The molecule has 0 saturated heterocycles. The number of esters is 1. The number of amides is 1. The fourth-order valence-corrected chi connectivity index (χ4v) is 2.81. The zero-order valence-electron chi connectivity index (χ0n) is 13.0. The first-order valence-corrected chi connectivity index (χ1v) is 7.75. The minimum Gasteiger partial charge on any atom is -0.467 e. The highest BCUT2D eigenvalue weighted by molar-refractivity contribution is 5.91. The summed E-state index contributed by atoms with van der Waals surface area (Å²) in [5.41, 5.74) is 3.00. The van der Waals surface area contributed by atoms with Gasteiger partial charge in [0, 0.05) is 0 Å². The van der Waals surface area contributed by atoms with Crippen molar-refractivity contribution >= 4 is 11.9 Å². The van der Waals surface area contributed by atoms with Crippen LogP contribution in [-0.4, -0.2) is 18.5 Å². The van der Waals surface area contributed by atoms with Gasteiger partial charge in [0.15, 0.2) is 6.61 Å². The number of hydrogen-bond donors (Lipinski definition) is 1. The van der Waals surface area contributed by atoms with Gasteiger partial charge in [-0.3, -0.25) is 4.79 Å². The van der Waals surface area contributed by atoms with Crippen LogP contribution in [0.3, 0.4) is 0 Å². The molecule has 1 aromatic carbocycles. The van der Waals surface area contributed by atoms with E-state index in [-0.39, 0.29) is 18.6 Å². The Morgan fingerprint density at radius 3 is 2.87 bits per heavy atom. The smallest absolute Gasteiger partial charge is 0.338 e. The van der Waals surface area contributed by atoms with Gasteiger partial charge >= 0.3 is 5.97 Å². The summed E-state index contributed by atoms with van der Waals surface area (Å²) in [5.74, 6) is -0.174.